The third-order valence-electron chi connectivity index (χ3n) is 3.18. The van der Waals surface area contributed by atoms with E-state index in [9.17, 15) is 4.79 Å². The summed E-state index contributed by atoms with van der Waals surface area (Å²) in [7, 11) is 0. The molecule has 0 aliphatic rings. The first-order chi connectivity index (χ1) is 10.4. The summed E-state index contributed by atoms with van der Waals surface area (Å²) >= 11 is 0. The van der Waals surface area contributed by atoms with Crippen molar-refractivity contribution in [2.24, 2.45) is 5.41 Å². The van der Waals surface area contributed by atoms with E-state index in [-0.39, 0.29) is 11.3 Å². The molecule has 1 heterocycles. The molecule has 0 spiro atoms. The van der Waals surface area contributed by atoms with Gasteiger partial charge in [0.15, 0.2) is 0 Å². The number of aromatic amines is 1. The zero-order chi connectivity index (χ0) is 16.0. The van der Waals surface area contributed by atoms with E-state index in [1.807, 2.05) is 24.3 Å². The Bertz CT molecular complexity index is 619. The molecule has 2 aromatic rings. The highest BCUT2D eigenvalue weighted by molar-refractivity contribution is 5.94. The maximum Gasteiger partial charge on any atom is 0.251 e. The smallest absolute Gasteiger partial charge is 0.251 e. The van der Waals surface area contributed by atoms with Crippen molar-refractivity contribution in [3.8, 4) is 0 Å². The van der Waals surface area contributed by atoms with Crippen LogP contribution in [0.3, 0.4) is 0 Å². The van der Waals surface area contributed by atoms with E-state index in [0.29, 0.717) is 12.1 Å². The van der Waals surface area contributed by atoms with Gasteiger partial charge in [0.2, 0.25) is 0 Å². The fourth-order valence-corrected chi connectivity index (χ4v) is 1.93. The van der Waals surface area contributed by atoms with Crippen LogP contribution in [-0.4, -0.2) is 22.4 Å². The third-order valence-corrected chi connectivity index (χ3v) is 3.18. The first-order valence-electron chi connectivity index (χ1n) is 7.49. The molecule has 1 aromatic carbocycles. The van der Waals surface area contributed by atoms with Crippen LogP contribution >= 0.6 is 0 Å². The molecule has 22 heavy (non-hydrogen) atoms. The first-order valence-corrected chi connectivity index (χ1v) is 7.49. The van der Waals surface area contributed by atoms with E-state index in [4.69, 9.17) is 0 Å². The van der Waals surface area contributed by atoms with Crippen molar-refractivity contribution in [2.45, 2.75) is 27.2 Å². The number of aromatic nitrogens is 2. The van der Waals surface area contributed by atoms with Crippen molar-refractivity contribution in [1.82, 2.24) is 15.3 Å². The molecule has 0 radical (unpaired) electrons. The van der Waals surface area contributed by atoms with Crippen molar-refractivity contribution in [3.63, 3.8) is 0 Å². The SMILES string of the molecule is CC(C)(C)/C=C/c1ccc(C(=O)NCCc2cnc[nH]2)cc1. The highest BCUT2D eigenvalue weighted by Gasteiger charge is 2.06. The van der Waals surface area contributed by atoms with Crippen LogP contribution in [0.25, 0.3) is 6.08 Å². The number of hydrogen-bond acceptors (Lipinski definition) is 2. The second kappa shape index (κ2) is 7.07. The van der Waals surface area contributed by atoms with Crippen LogP contribution in [0.15, 0.2) is 42.9 Å². The molecular weight excluding hydrogens is 274 g/mol. The first kappa shape index (κ1) is 16.0. The summed E-state index contributed by atoms with van der Waals surface area (Å²) in [5.74, 6) is -0.0501. The number of rotatable bonds is 5. The van der Waals surface area contributed by atoms with Gasteiger partial charge in [-0.05, 0) is 23.1 Å². The highest BCUT2D eigenvalue weighted by Crippen LogP contribution is 2.17. The quantitative estimate of drug-likeness (QED) is 0.888. The lowest BCUT2D eigenvalue weighted by atomic mass is 9.95. The van der Waals surface area contributed by atoms with Gasteiger partial charge in [0.1, 0.15) is 0 Å². The molecule has 4 heteroatoms. The van der Waals surface area contributed by atoms with Crippen LogP contribution in [0.2, 0.25) is 0 Å². The molecule has 0 aliphatic heterocycles. The monoisotopic (exact) mass is 297 g/mol. The minimum atomic E-state index is -0.0501. The number of carbonyl (C=O) groups is 1. The molecule has 0 fully saturated rings. The molecule has 0 aliphatic carbocycles. The molecule has 0 atom stereocenters. The molecule has 2 rings (SSSR count). The summed E-state index contributed by atoms with van der Waals surface area (Å²) in [6.07, 6.45) is 8.40. The van der Waals surface area contributed by atoms with Crippen LogP contribution in [0.5, 0.6) is 0 Å². The molecule has 0 saturated carbocycles. The normalized spacial score (nSPS) is 11.8. The average Bonchev–Trinajstić information content (AvgIpc) is 2.98. The molecule has 2 N–H and O–H groups in total. The van der Waals surface area contributed by atoms with Gasteiger partial charge in [0, 0.05) is 30.4 Å². The summed E-state index contributed by atoms with van der Waals surface area (Å²) in [4.78, 5) is 19.0. The summed E-state index contributed by atoms with van der Waals surface area (Å²) in [6.45, 7) is 7.06. The van der Waals surface area contributed by atoms with Gasteiger partial charge in [-0.1, -0.05) is 45.1 Å². The highest BCUT2D eigenvalue weighted by atomic mass is 16.1. The zero-order valence-electron chi connectivity index (χ0n) is 13.4. The molecule has 0 saturated heterocycles. The number of benzene rings is 1. The minimum Gasteiger partial charge on any atom is -0.352 e. The minimum absolute atomic E-state index is 0.0501. The number of amides is 1. The van der Waals surface area contributed by atoms with E-state index in [1.165, 1.54) is 0 Å². The van der Waals surface area contributed by atoms with Crippen LogP contribution in [-0.2, 0) is 6.42 Å². The van der Waals surface area contributed by atoms with Crippen molar-refractivity contribution in [2.75, 3.05) is 6.54 Å². The lowest BCUT2D eigenvalue weighted by Crippen LogP contribution is -2.25. The van der Waals surface area contributed by atoms with Crippen molar-refractivity contribution < 1.29 is 4.79 Å². The number of allylic oxidation sites excluding steroid dienone is 1. The van der Waals surface area contributed by atoms with Crippen LogP contribution < -0.4 is 5.32 Å². The van der Waals surface area contributed by atoms with E-state index in [1.54, 1.807) is 12.5 Å². The lowest BCUT2D eigenvalue weighted by Gasteiger charge is -2.11. The topological polar surface area (TPSA) is 57.8 Å². The Kier molecular flexibility index (Phi) is 5.15. The van der Waals surface area contributed by atoms with Gasteiger partial charge >= 0.3 is 0 Å². The number of imidazole rings is 1. The maximum atomic E-state index is 12.0. The Hall–Kier alpha value is -2.36. The summed E-state index contributed by atoms with van der Waals surface area (Å²) in [6, 6.07) is 7.64. The van der Waals surface area contributed by atoms with Gasteiger partial charge in [-0.15, -0.1) is 0 Å². The standard InChI is InChI=1S/C18H23N3O/c1-18(2,3)10-8-14-4-6-15(7-5-14)17(22)20-11-9-16-12-19-13-21-16/h4-8,10,12-13H,9,11H2,1-3H3,(H,19,21)(H,20,22)/b10-8+. The molecule has 1 aromatic heterocycles. The molecule has 0 unspecified atom stereocenters. The van der Waals surface area contributed by atoms with Gasteiger partial charge in [0.05, 0.1) is 6.33 Å². The predicted octanol–water partition coefficient (Wildman–Crippen LogP) is 3.44. The van der Waals surface area contributed by atoms with Crippen molar-refractivity contribution in [3.05, 3.63) is 59.7 Å². The Morgan fingerprint density at radius 2 is 2.00 bits per heavy atom. The fourth-order valence-electron chi connectivity index (χ4n) is 1.93. The van der Waals surface area contributed by atoms with Gasteiger partial charge in [0.25, 0.3) is 5.91 Å². The molecule has 116 valence electrons. The van der Waals surface area contributed by atoms with Gasteiger partial charge in [-0.25, -0.2) is 4.98 Å². The summed E-state index contributed by atoms with van der Waals surface area (Å²) in [5.41, 5.74) is 2.95. The van der Waals surface area contributed by atoms with Gasteiger partial charge in [-0.3, -0.25) is 4.79 Å². The number of H-pyrrole nitrogens is 1. The molecule has 4 nitrogen and oxygen atoms in total. The van der Waals surface area contributed by atoms with Crippen molar-refractivity contribution >= 4 is 12.0 Å². The zero-order valence-corrected chi connectivity index (χ0v) is 13.4. The Morgan fingerprint density at radius 3 is 2.59 bits per heavy atom. The number of nitrogens with zero attached hydrogens (tertiary/aromatic N) is 1. The molecule has 1 amide bonds. The molecular formula is C18H23N3O. The second-order valence-corrected chi connectivity index (χ2v) is 6.40. The predicted molar refractivity (Wildman–Crippen MR) is 89.6 cm³/mol. The number of hydrogen-bond donors (Lipinski definition) is 2. The lowest BCUT2D eigenvalue weighted by molar-refractivity contribution is 0.0954. The Labute approximate surface area is 131 Å². The number of nitrogens with one attached hydrogen (secondary N) is 2. The maximum absolute atomic E-state index is 12.0. The fraction of sp³-hybridized carbons (Fsp3) is 0.333. The summed E-state index contributed by atoms with van der Waals surface area (Å²) < 4.78 is 0. The van der Waals surface area contributed by atoms with Crippen LogP contribution in [0.1, 0.15) is 42.4 Å². The largest absolute Gasteiger partial charge is 0.352 e. The third kappa shape index (κ3) is 5.20. The molecule has 0 bridgehead atoms. The van der Waals surface area contributed by atoms with Crippen LogP contribution in [0, 0.1) is 5.41 Å². The Morgan fingerprint density at radius 1 is 1.27 bits per heavy atom. The van der Waals surface area contributed by atoms with Gasteiger partial charge < -0.3 is 10.3 Å². The average molecular weight is 297 g/mol. The summed E-state index contributed by atoms with van der Waals surface area (Å²) in [5, 5.41) is 2.91. The van der Waals surface area contributed by atoms with Gasteiger partial charge in [-0.2, -0.15) is 0 Å². The second-order valence-electron chi connectivity index (χ2n) is 6.40. The van der Waals surface area contributed by atoms with Crippen LogP contribution in [0.4, 0.5) is 0 Å². The number of carbonyl (C=O) groups excluding carboxylic acids is 1. The van der Waals surface area contributed by atoms with Crippen molar-refractivity contribution in [1.29, 1.82) is 0 Å². The van der Waals surface area contributed by atoms with E-state index >= 15 is 0 Å². The van der Waals surface area contributed by atoms with E-state index in [0.717, 1.165) is 17.7 Å². The van der Waals surface area contributed by atoms with E-state index < -0.39 is 0 Å². The van der Waals surface area contributed by atoms with E-state index in [2.05, 4.69) is 48.2 Å². The Balaban J connectivity index is 1.86.